The Bertz CT molecular complexity index is 349. The molecule has 4 nitrogen and oxygen atoms in total. The van der Waals surface area contributed by atoms with Gasteiger partial charge in [0.1, 0.15) is 0 Å². The SMILES string of the molecule is C=CCOC1CCN(C(=O)C2CC3CCC2O3)CC1. The van der Waals surface area contributed by atoms with E-state index < -0.39 is 0 Å². The molecule has 3 aliphatic rings. The lowest BCUT2D eigenvalue weighted by Gasteiger charge is -2.34. The lowest BCUT2D eigenvalue weighted by atomic mass is 9.87. The first-order chi connectivity index (χ1) is 9.28. The van der Waals surface area contributed by atoms with Crippen molar-refractivity contribution in [2.24, 2.45) is 5.92 Å². The molecule has 1 amide bonds. The normalized spacial score (nSPS) is 34.7. The summed E-state index contributed by atoms with van der Waals surface area (Å²) >= 11 is 0. The third kappa shape index (κ3) is 2.70. The molecule has 3 atom stereocenters. The first-order valence-electron chi connectivity index (χ1n) is 7.44. The van der Waals surface area contributed by atoms with Crippen LogP contribution in [-0.2, 0) is 14.3 Å². The Labute approximate surface area is 114 Å². The van der Waals surface area contributed by atoms with E-state index in [1.807, 2.05) is 4.90 Å². The van der Waals surface area contributed by atoms with Crippen LogP contribution in [0.25, 0.3) is 0 Å². The number of piperidine rings is 1. The highest BCUT2D eigenvalue weighted by Crippen LogP contribution is 2.39. The average Bonchev–Trinajstić information content (AvgIpc) is 3.07. The van der Waals surface area contributed by atoms with E-state index in [0.29, 0.717) is 24.7 Å². The molecule has 2 bridgehead atoms. The maximum absolute atomic E-state index is 12.5. The van der Waals surface area contributed by atoms with Crippen LogP contribution < -0.4 is 0 Å². The number of rotatable bonds is 4. The van der Waals surface area contributed by atoms with E-state index in [2.05, 4.69) is 6.58 Å². The molecule has 0 spiro atoms. The Kier molecular flexibility index (Phi) is 3.89. The van der Waals surface area contributed by atoms with E-state index in [1.165, 1.54) is 0 Å². The van der Waals surface area contributed by atoms with Gasteiger partial charge in [-0.3, -0.25) is 4.79 Å². The molecule has 3 rings (SSSR count). The van der Waals surface area contributed by atoms with Crippen LogP contribution in [0.3, 0.4) is 0 Å². The molecule has 106 valence electrons. The molecule has 0 saturated carbocycles. The van der Waals surface area contributed by atoms with Crippen molar-refractivity contribution in [1.82, 2.24) is 4.90 Å². The molecule has 3 heterocycles. The summed E-state index contributed by atoms with van der Waals surface area (Å²) in [4.78, 5) is 14.5. The molecule has 4 heteroatoms. The summed E-state index contributed by atoms with van der Waals surface area (Å²) in [6.45, 7) is 5.92. The molecular formula is C15H23NO3. The van der Waals surface area contributed by atoms with Gasteiger partial charge in [-0.05, 0) is 32.1 Å². The van der Waals surface area contributed by atoms with Crippen molar-refractivity contribution in [2.45, 2.75) is 50.4 Å². The summed E-state index contributed by atoms with van der Waals surface area (Å²) in [5.41, 5.74) is 0. The summed E-state index contributed by atoms with van der Waals surface area (Å²) in [6.07, 6.45) is 7.67. The van der Waals surface area contributed by atoms with Crippen molar-refractivity contribution in [3.8, 4) is 0 Å². The minimum absolute atomic E-state index is 0.129. The van der Waals surface area contributed by atoms with Gasteiger partial charge in [0.15, 0.2) is 0 Å². The highest BCUT2D eigenvalue weighted by molar-refractivity contribution is 5.80. The zero-order chi connectivity index (χ0) is 13.2. The van der Waals surface area contributed by atoms with E-state index in [0.717, 1.165) is 45.2 Å². The third-order valence-corrected chi connectivity index (χ3v) is 4.63. The van der Waals surface area contributed by atoms with Gasteiger partial charge in [0, 0.05) is 13.1 Å². The zero-order valence-corrected chi connectivity index (χ0v) is 11.4. The van der Waals surface area contributed by atoms with Crippen LogP contribution in [-0.4, -0.2) is 48.8 Å². The lowest BCUT2D eigenvalue weighted by molar-refractivity contribution is -0.139. The van der Waals surface area contributed by atoms with Crippen LogP contribution in [0.5, 0.6) is 0 Å². The second kappa shape index (κ2) is 5.63. The van der Waals surface area contributed by atoms with E-state index in [-0.39, 0.29) is 12.0 Å². The Morgan fingerprint density at radius 1 is 1.32 bits per heavy atom. The predicted molar refractivity (Wildman–Crippen MR) is 71.8 cm³/mol. The van der Waals surface area contributed by atoms with Gasteiger partial charge in [-0.2, -0.15) is 0 Å². The van der Waals surface area contributed by atoms with Gasteiger partial charge in [-0.25, -0.2) is 0 Å². The standard InChI is InChI=1S/C15H23NO3/c1-2-9-18-11-5-7-16(8-6-11)15(17)13-10-12-3-4-14(13)19-12/h2,11-14H,1,3-10H2. The van der Waals surface area contributed by atoms with Crippen molar-refractivity contribution < 1.29 is 14.3 Å². The molecule has 19 heavy (non-hydrogen) atoms. The number of carbonyl (C=O) groups is 1. The fourth-order valence-electron chi connectivity index (χ4n) is 3.58. The van der Waals surface area contributed by atoms with Crippen molar-refractivity contribution in [3.05, 3.63) is 12.7 Å². The molecule has 3 fully saturated rings. The van der Waals surface area contributed by atoms with Gasteiger partial charge in [0.2, 0.25) is 5.91 Å². The van der Waals surface area contributed by atoms with Gasteiger partial charge in [0.05, 0.1) is 30.8 Å². The molecule has 0 aromatic heterocycles. The molecule has 0 aromatic rings. The Morgan fingerprint density at radius 2 is 2.11 bits per heavy atom. The van der Waals surface area contributed by atoms with Crippen molar-refractivity contribution in [2.75, 3.05) is 19.7 Å². The highest BCUT2D eigenvalue weighted by atomic mass is 16.5. The van der Waals surface area contributed by atoms with E-state index in [4.69, 9.17) is 9.47 Å². The van der Waals surface area contributed by atoms with Crippen LogP contribution in [0.15, 0.2) is 12.7 Å². The van der Waals surface area contributed by atoms with Gasteiger partial charge in [0.25, 0.3) is 0 Å². The van der Waals surface area contributed by atoms with Gasteiger partial charge >= 0.3 is 0 Å². The van der Waals surface area contributed by atoms with Crippen LogP contribution in [0.4, 0.5) is 0 Å². The van der Waals surface area contributed by atoms with E-state index in [9.17, 15) is 4.79 Å². The molecule has 3 unspecified atom stereocenters. The van der Waals surface area contributed by atoms with E-state index >= 15 is 0 Å². The smallest absolute Gasteiger partial charge is 0.228 e. The third-order valence-electron chi connectivity index (χ3n) is 4.63. The molecule has 0 aliphatic carbocycles. The largest absolute Gasteiger partial charge is 0.374 e. The lowest BCUT2D eigenvalue weighted by Crippen LogP contribution is -2.45. The second-order valence-corrected chi connectivity index (χ2v) is 5.86. The van der Waals surface area contributed by atoms with Crippen LogP contribution >= 0.6 is 0 Å². The van der Waals surface area contributed by atoms with Crippen LogP contribution in [0.2, 0.25) is 0 Å². The quantitative estimate of drug-likeness (QED) is 0.727. The number of fused-ring (bicyclic) bond motifs is 2. The first-order valence-corrected chi connectivity index (χ1v) is 7.44. The molecular weight excluding hydrogens is 242 g/mol. The van der Waals surface area contributed by atoms with Crippen LogP contribution in [0, 0.1) is 5.92 Å². The summed E-state index contributed by atoms with van der Waals surface area (Å²) in [6, 6.07) is 0. The second-order valence-electron chi connectivity index (χ2n) is 5.86. The number of carbonyl (C=O) groups excluding carboxylic acids is 1. The summed E-state index contributed by atoms with van der Waals surface area (Å²) in [7, 11) is 0. The monoisotopic (exact) mass is 265 g/mol. The minimum atomic E-state index is 0.129. The maximum atomic E-state index is 12.5. The number of hydrogen-bond acceptors (Lipinski definition) is 3. The summed E-state index contributed by atoms with van der Waals surface area (Å²) in [5.74, 6) is 0.443. The highest BCUT2D eigenvalue weighted by Gasteiger charge is 2.45. The molecule has 3 saturated heterocycles. The maximum Gasteiger partial charge on any atom is 0.228 e. The summed E-state index contributed by atoms with van der Waals surface area (Å²) < 4.78 is 11.4. The zero-order valence-electron chi connectivity index (χ0n) is 11.4. The molecule has 0 radical (unpaired) electrons. The van der Waals surface area contributed by atoms with Crippen molar-refractivity contribution >= 4 is 5.91 Å². The first kappa shape index (κ1) is 13.1. The van der Waals surface area contributed by atoms with Crippen LogP contribution in [0.1, 0.15) is 32.1 Å². The molecule has 0 N–H and O–H groups in total. The number of ether oxygens (including phenoxy) is 2. The van der Waals surface area contributed by atoms with Crippen molar-refractivity contribution in [3.63, 3.8) is 0 Å². The fraction of sp³-hybridized carbons (Fsp3) is 0.800. The van der Waals surface area contributed by atoms with Gasteiger partial charge in [-0.15, -0.1) is 6.58 Å². The number of hydrogen-bond donors (Lipinski definition) is 0. The summed E-state index contributed by atoms with van der Waals surface area (Å²) in [5, 5.41) is 0. The Balaban J connectivity index is 1.48. The number of likely N-dealkylation sites (tertiary alicyclic amines) is 1. The molecule has 0 aromatic carbocycles. The number of amides is 1. The van der Waals surface area contributed by atoms with E-state index in [1.54, 1.807) is 6.08 Å². The fourth-order valence-corrected chi connectivity index (χ4v) is 3.58. The minimum Gasteiger partial charge on any atom is -0.374 e. The van der Waals surface area contributed by atoms with Gasteiger partial charge < -0.3 is 14.4 Å². The Hall–Kier alpha value is -0.870. The van der Waals surface area contributed by atoms with Crippen molar-refractivity contribution in [1.29, 1.82) is 0 Å². The predicted octanol–water partition coefficient (Wildman–Crippen LogP) is 1.75. The molecule has 3 aliphatic heterocycles. The topological polar surface area (TPSA) is 38.8 Å². The number of nitrogens with zero attached hydrogens (tertiary/aromatic N) is 1. The average molecular weight is 265 g/mol. The van der Waals surface area contributed by atoms with Gasteiger partial charge in [-0.1, -0.05) is 6.08 Å². The Morgan fingerprint density at radius 3 is 2.68 bits per heavy atom.